The molecule has 0 aromatic heterocycles. The molecular weight excluding hydrogens is 192 g/mol. The molecule has 2 N–H and O–H groups in total. The van der Waals surface area contributed by atoms with Crippen LogP contribution in [0.1, 0.15) is 27.2 Å². The Balaban J connectivity index is 4.39. The molecular formula is C11H24N2O2. The van der Waals surface area contributed by atoms with Gasteiger partial charge in [-0.05, 0) is 13.3 Å². The molecule has 0 aliphatic carbocycles. The molecule has 4 heteroatoms. The van der Waals surface area contributed by atoms with E-state index in [9.17, 15) is 4.79 Å². The van der Waals surface area contributed by atoms with Crippen molar-refractivity contribution in [2.24, 2.45) is 11.7 Å². The lowest BCUT2D eigenvalue weighted by molar-refractivity contribution is -0.137. The van der Waals surface area contributed by atoms with Crippen LogP contribution < -0.4 is 5.73 Å². The van der Waals surface area contributed by atoms with Crippen molar-refractivity contribution in [3.8, 4) is 0 Å². The quantitative estimate of drug-likeness (QED) is 0.686. The monoisotopic (exact) mass is 216 g/mol. The number of carbonyl (C=O) groups excluding carboxylic acids is 1. The van der Waals surface area contributed by atoms with Gasteiger partial charge >= 0.3 is 0 Å². The fourth-order valence-corrected chi connectivity index (χ4v) is 1.34. The highest BCUT2D eigenvalue weighted by Gasteiger charge is 2.22. The van der Waals surface area contributed by atoms with Crippen molar-refractivity contribution in [3.63, 3.8) is 0 Å². The van der Waals surface area contributed by atoms with Gasteiger partial charge in [-0.2, -0.15) is 0 Å². The Morgan fingerprint density at radius 2 is 2.07 bits per heavy atom. The van der Waals surface area contributed by atoms with Crippen molar-refractivity contribution in [2.75, 3.05) is 26.8 Å². The fraction of sp³-hybridized carbons (Fsp3) is 0.909. The van der Waals surface area contributed by atoms with Crippen molar-refractivity contribution in [1.29, 1.82) is 0 Å². The molecule has 0 fully saturated rings. The van der Waals surface area contributed by atoms with Crippen LogP contribution in [-0.2, 0) is 9.53 Å². The fourth-order valence-electron chi connectivity index (χ4n) is 1.34. The third kappa shape index (κ3) is 4.62. The van der Waals surface area contributed by atoms with Crippen LogP contribution in [0.5, 0.6) is 0 Å². The summed E-state index contributed by atoms with van der Waals surface area (Å²) in [6.07, 6.45) is 0.951. The van der Waals surface area contributed by atoms with Gasteiger partial charge in [-0.3, -0.25) is 4.79 Å². The molecule has 15 heavy (non-hydrogen) atoms. The van der Waals surface area contributed by atoms with Gasteiger partial charge in [0.15, 0.2) is 0 Å². The van der Waals surface area contributed by atoms with Crippen molar-refractivity contribution in [1.82, 2.24) is 4.90 Å². The number of hydrogen-bond donors (Lipinski definition) is 1. The van der Waals surface area contributed by atoms with Gasteiger partial charge < -0.3 is 15.4 Å². The molecule has 0 rings (SSSR count). The Kier molecular flexibility index (Phi) is 7.34. The summed E-state index contributed by atoms with van der Waals surface area (Å²) >= 11 is 0. The zero-order valence-corrected chi connectivity index (χ0v) is 10.3. The lowest BCUT2D eigenvalue weighted by Gasteiger charge is -2.30. The second kappa shape index (κ2) is 7.65. The van der Waals surface area contributed by atoms with Crippen molar-refractivity contribution < 1.29 is 9.53 Å². The summed E-state index contributed by atoms with van der Waals surface area (Å²) in [6, 6.07) is 0.252. The van der Waals surface area contributed by atoms with E-state index < -0.39 is 0 Å². The average Bonchev–Trinajstić information content (AvgIpc) is 2.27. The summed E-state index contributed by atoms with van der Waals surface area (Å²) in [5.74, 6) is 0.0276. The maximum Gasteiger partial charge on any atom is 0.226 e. The predicted molar refractivity (Wildman–Crippen MR) is 61.6 cm³/mol. The number of methoxy groups -OCH3 is 1. The molecule has 0 saturated carbocycles. The largest absolute Gasteiger partial charge is 0.383 e. The van der Waals surface area contributed by atoms with E-state index in [0.717, 1.165) is 6.42 Å². The maximum atomic E-state index is 12.0. The van der Waals surface area contributed by atoms with Crippen LogP contribution >= 0.6 is 0 Å². The average molecular weight is 216 g/mol. The van der Waals surface area contributed by atoms with Gasteiger partial charge in [-0.25, -0.2) is 0 Å². The molecule has 0 aromatic rings. The molecule has 0 aliphatic rings. The van der Waals surface area contributed by atoms with Crippen molar-refractivity contribution in [2.45, 2.75) is 33.2 Å². The van der Waals surface area contributed by atoms with E-state index in [2.05, 4.69) is 13.8 Å². The first-order chi connectivity index (χ1) is 7.08. The first-order valence-electron chi connectivity index (χ1n) is 5.57. The van der Waals surface area contributed by atoms with Crippen LogP contribution in [0.3, 0.4) is 0 Å². The molecule has 0 aliphatic heterocycles. The van der Waals surface area contributed by atoms with Gasteiger partial charge in [0.05, 0.1) is 6.61 Å². The van der Waals surface area contributed by atoms with E-state index >= 15 is 0 Å². The summed E-state index contributed by atoms with van der Waals surface area (Å²) < 4.78 is 5.01. The predicted octanol–water partition coefficient (Wildman–Crippen LogP) is 0.855. The number of hydrogen-bond acceptors (Lipinski definition) is 3. The number of carbonyl (C=O) groups is 1. The van der Waals surface area contributed by atoms with E-state index in [-0.39, 0.29) is 17.9 Å². The number of rotatable bonds is 7. The molecule has 0 saturated heterocycles. The highest BCUT2D eigenvalue weighted by molar-refractivity contribution is 5.79. The molecule has 2 unspecified atom stereocenters. The lowest BCUT2D eigenvalue weighted by atomic mass is 10.1. The van der Waals surface area contributed by atoms with Crippen LogP contribution in [-0.4, -0.2) is 43.7 Å². The smallest absolute Gasteiger partial charge is 0.226 e. The molecule has 2 atom stereocenters. The van der Waals surface area contributed by atoms with E-state index in [1.54, 1.807) is 7.11 Å². The Bertz CT molecular complexity index is 185. The highest BCUT2D eigenvalue weighted by atomic mass is 16.5. The zero-order valence-electron chi connectivity index (χ0n) is 10.3. The minimum absolute atomic E-state index is 0.101. The molecule has 0 heterocycles. The number of amides is 1. The number of nitrogens with zero attached hydrogens (tertiary/aromatic N) is 1. The molecule has 0 aromatic carbocycles. The topological polar surface area (TPSA) is 55.6 Å². The second-order valence-corrected chi connectivity index (χ2v) is 3.92. The Hall–Kier alpha value is -0.610. The van der Waals surface area contributed by atoms with Crippen molar-refractivity contribution in [3.05, 3.63) is 0 Å². The Morgan fingerprint density at radius 1 is 1.47 bits per heavy atom. The van der Waals surface area contributed by atoms with Gasteiger partial charge in [-0.1, -0.05) is 13.8 Å². The molecule has 0 bridgehead atoms. The van der Waals surface area contributed by atoms with E-state index in [1.807, 2.05) is 11.8 Å². The van der Waals surface area contributed by atoms with Crippen molar-refractivity contribution >= 4 is 5.91 Å². The summed E-state index contributed by atoms with van der Waals surface area (Å²) in [4.78, 5) is 13.8. The SMILES string of the molecule is CCC(C)N(CCOC)C(=O)C(C)CN. The summed E-state index contributed by atoms with van der Waals surface area (Å²) in [5, 5.41) is 0. The summed E-state index contributed by atoms with van der Waals surface area (Å²) in [7, 11) is 1.64. The van der Waals surface area contributed by atoms with Gasteiger partial charge in [0.2, 0.25) is 5.91 Å². The van der Waals surface area contributed by atoms with Gasteiger partial charge in [0.1, 0.15) is 0 Å². The Morgan fingerprint density at radius 3 is 2.47 bits per heavy atom. The molecule has 1 amide bonds. The molecule has 90 valence electrons. The second-order valence-electron chi connectivity index (χ2n) is 3.92. The minimum atomic E-state index is -0.101. The summed E-state index contributed by atoms with van der Waals surface area (Å²) in [5.41, 5.74) is 5.50. The number of ether oxygens (including phenoxy) is 1. The first-order valence-corrected chi connectivity index (χ1v) is 5.57. The third-order valence-corrected chi connectivity index (χ3v) is 2.72. The van der Waals surface area contributed by atoms with Crippen LogP contribution in [0.4, 0.5) is 0 Å². The lowest BCUT2D eigenvalue weighted by Crippen LogP contribution is -2.44. The standard InChI is InChI=1S/C11H24N2O2/c1-5-10(3)13(6-7-15-4)11(14)9(2)8-12/h9-10H,5-8,12H2,1-4H3. The Labute approximate surface area is 92.8 Å². The van der Waals surface area contributed by atoms with Gasteiger partial charge in [0, 0.05) is 32.2 Å². The van der Waals surface area contributed by atoms with E-state index in [1.165, 1.54) is 0 Å². The van der Waals surface area contributed by atoms with Gasteiger partial charge in [0.25, 0.3) is 0 Å². The van der Waals surface area contributed by atoms with Gasteiger partial charge in [-0.15, -0.1) is 0 Å². The maximum absolute atomic E-state index is 12.0. The molecule has 0 radical (unpaired) electrons. The highest BCUT2D eigenvalue weighted by Crippen LogP contribution is 2.08. The van der Waals surface area contributed by atoms with Crippen LogP contribution in [0.15, 0.2) is 0 Å². The van der Waals surface area contributed by atoms with Crippen LogP contribution in [0.25, 0.3) is 0 Å². The zero-order chi connectivity index (χ0) is 11.8. The molecule has 4 nitrogen and oxygen atoms in total. The van der Waals surface area contributed by atoms with Crippen LogP contribution in [0, 0.1) is 5.92 Å². The summed E-state index contributed by atoms with van der Waals surface area (Å²) in [6.45, 7) is 7.62. The van der Waals surface area contributed by atoms with Crippen LogP contribution in [0.2, 0.25) is 0 Å². The minimum Gasteiger partial charge on any atom is -0.383 e. The first kappa shape index (κ1) is 14.4. The van der Waals surface area contributed by atoms with E-state index in [0.29, 0.717) is 19.7 Å². The van der Waals surface area contributed by atoms with E-state index in [4.69, 9.17) is 10.5 Å². The third-order valence-electron chi connectivity index (χ3n) is 2.72. The normalized spacial score (nSPS) is 14.7. The molecule has 0 spiro atoms. The number of nitrogens with two attached hydrogens (primary N) is 1.